The number of nitrogens with one attached hydrogen (secondary N) is 1. The van der Waals surface area contributed by atoms with Crippen molar-refractivity contribution in [3.8, 4) is 24.3 Å². The van der Waals surface area contributed by atoms with Crippen LogP contribution in [0.4, 0.5) is 0 Å². The molecule has 0 radical (unpaired) electrons. The Morgan fingerprint density at radius 2 is 2.04 bits per heavy atom. The number of likely N-dealkylation sites (tertiary alicyclic amines) is 1. The number of ether oxygens (including phenoxy) is 1. The minimum absolute atomic E-state index is 0.0919. The van der Waals surface area contributed by atoms with E-state index in [1.165, 1.54) is 0 Å². The molecule has 1 aromatic heterocycles. The molecule has 1 saturated heterocycles. The SMILES string of the molecule is C#CC1CCC(C#N)N1C(=O)CN[C@H]1CC[C@H](Oc2ccc(Cl)cn2)CC1. The molecule has 1 N–H and O–H groups in total. The molecule has 3 rings (SSSR count). The molecule has 2 aliphatic rings. The number of nitrogens with zero attached hydrogens (tertiary/aromatic N) is 3. The van der Waals surface area contributed by atoms with Crippen LogP contribution >= 0.6 is 11.6 Å². The van der Waals surface area contributed by atoms with Crippen molar-refractivity contribution >= 4 is 17.5 Å². The molecule has 1 aromatic rings. The van der Waals surface area contributed by atoms with E-state index in [2.05, 4.69) is 22.3 Å². The van der Waals surface area contributed by atoms with Crippen molar-refractivity contribution in [2.24, 2.45) is 0 Å². The topological polar surface area (TPSA) is 78.2 Å². The number of aromatic nitrogens is 1. The predicted octanol–water partition coefficient (Wildman–Crippen LogP) is 2.53. The minimum Gasteiger partial charge on any atom is -0.474 e. The van der Waals surface area contributed by atoms with Crippen molar-refractivity contribution in [1.82, 2.24) is 15.2 Å². The number of hydrogen-bond donors (Lipinski definition) is 1. The summed E-state index contributed by atoms with van der Waals surface area (Å²) in [4.78, 5) is 18.3. The average molecular weight is 387 g/mol. The van der Waals surface area contributed by atoms with Crippen LogP contribution in [0.3, 0.4) is 0 Å². The molecule has 2 heterocycles. The van der Waals surface area contributed by atoms with Crippen molar-refractivity contribution in [3.05, 3.63) is 23.4 Å². The van der Waals surface area contributed by atoms with Gasteiger partial charge in [0.15, 0.2) is 0 Å². The van der Waals surface area contributed by atoms with Crippen LogP contribution in [0.15, 0.2) is 18.3 Å². The molecule has 0 spiro atoms. The van der Waals surface area contributed by atoms with Crippen LogP contribution in [-0.4, -0.2) is 46.6 Å². The first kappa shape index (κ1) is 19.5. The van der Waals surface area contributed by atoms with E-state index in [9.17, 15) is 10.1 Å². The maximum absolute atomic E-state index is 12.5. The zero-order chi connectivity index (χ0) is 19.2. The van der Waals surface area contributed by atoms with Gasteiger partial charge in [-0.1, -0.05) is 17.5 Å². The van der Waals surface area contributed by atoms with Gasteiger partial charge in [0.05, 0.1) is 23.7 Å². The maximum Gasteiger partial charge on any atom is 0.238 e. The van der Waals surface area contributed by atoms with Crippen molar-refractivity contribution in [2.75, 3.05) is 6.54 Å². The highest BCUT2D eigenvalue weighted by Crippen LogP contribution is 2.25. The van der Waals surface area contributed by atoms with Crippen LogP contribution in [0.5, 0.6) is 5.88 Å². The standard InChI is InChI=1S/C20H23ClN4O2/c1-2-16-6-7-17(11-22)25(16)20(26)13-23-15-4-8-18(9-5-15)27-19-10-3-14(21)12-24-19/h1,3,10,12,15-18,23H,4-9,13H2/t15-,16?,17?,18-. The smallest absolute Gasteiger partial charge is 0.238 e. The van der Waals surface area contributed by atoms with Gasteiger partial charge in [-0.3, -0.25) is 4.79 Å². The van der Waals surface area contributed by atoms with Crippen molar-refractivity contribution in [1.29, 1.82) is 5.26 Å². The zero-order valence-corrected chi connectivity index (χ0v) is 15.9. The Morgan fingerprint density at radius 3 is 2.67 bits per heavy atom. The highest BCUT2D eigenvalue weighted by atomic mass is 35.5. The highest BCUT2D eigenvalue weighted by Gasteiger charge is 2.36. The van der Waals surface area contributed by atoms with E-state index in [1.807, 2.05) is 0 Å². The summed E-state index contributed by atoms with van der Waals surface area (Å²) in [6.45, 7) is 0.214. The van der Waals surface area contributed by atoms with E-state index in [0.717, 1.165) is 25.7 Å². The Labute approximate surface area is 164 Å². The van der Waals surface area contributed by atoms with Crippen LogP contribution in [0.1, 0.15) is 38.5 Å². The van der Waals surface area contributed by atoms with E-state index in [4.69, 9.17) is 22.8 Å². The van der Waals surface area contributed by atoms with Crippen LogP contribution in [0.2, 0.25) is 5.02 Å². The third kappa shape index (κ3) is 4.91. The number of halogens is 1. The summed E-state index contributed by atoms with van der Waals surface area (Å²) < 4.78 is 5.89. The number of rotatable bonds is 5. The number of pyridine rings is 1. The van der Waals surface area contributed by atoms with E-state index in [-0.39, 0.29) is 30.6 Å². The summed E-state index contributed by atoms with van der Waals surface area (Å²) >= 11 is 5.83. The lowest BCUT2D eigenvalue weighted by atomic mass is 9.93. The fourth-order valence-corrected chi connectivity index (χ4v) is 3.87. The largest absolute Gasteiger partial charge is 0.474 e. The summed E-state index contributed by atoms with van der Waals surface area (Å²) in [5.41, 5.74) is 0. The number of hydrogen-bond acceptors (Lipinski definition) is 5. The summed E-state index contributed by atoms with van der Waals surface area (Å²) in [6, 6.07) is 5.31. The summed E-state index contributed by atoms with van der Waals surface area (Å²) in [5, 5.41) is 13.1. The van der Waals surface area contributed by atoms with Crippen LogP contribution in [-0.2, 0) is 4.79 Å². The first-order valence-corrected chi connectivity index (χ1v) is 9.67. The second-order valence-electron chi connectivity index (χ2n) is 6.99. The molecule has 2 fully saturated rings. The Hall–Kier alpha value is -2.28. The highest BCUT2D eigenvalue weighted by molar-refractivity contribution is 6.30. The molecule has 142 valence electrons. The van der Waals surface area contributed by atoms with E-state index >= 15 is 0 Å². The molecule has 1 saturated carbocycles. The molecule has 1 amide bonds. The fraction of sp³-hybridized carbons (Fsp3) is 0.550. The third-order valence-electron chi connectivity index (χ3n) is 5.22. The molecule has 0 bridgehead atoms. The average Bonchev–Trinajstić information content (AvgIpc) is 3.12. The quantitative estimate of drug-likeness (QED) is 0.787. The summed E-state index contributed by atoms with van der Waals surface area (Å²) in [6.07, 6.45) is 12.2. The van der Waals surface area contributed by atoms with Gasteiger partial charge in [-0.25, -0.2) is 4.98 Å². The molecule has 2 atom stereocenters. The van der Waals surface area contributed by atoms with Gasteiger partial charge in [0, 0.05) is 18.3 Å². The molecular formula is C20H23ClN4O2. The first-order valence-electron chi connectivity index (χ1n) is 9.29. The van der Waals surface area contributed by atoms with E-state index in [1.54, 1.807) is 23.2 Å². The lowest BCUT2D eigenvalue weighted by Gasteiger charge is -2.30. The fourth-order valence-electron chi connectivity index (χ4n) is 3.76. The van der Waals surface area contributed by atoms with Gasteiger partial charge >= 0.3 is 0 Å². The number of amides is 1. The number of nitriles is 1. The van der Waals surface area contributed by atoms with Crippen LogP contribution < -0.4 is 10.1 Å². The number of terminal acetylenes is 1. The summed E-state index contributed by atoms with van der Waals surface area (Å²) in [5.74, 6) is 3.12. The van der Waals surface area contributed by atoms with Crippen molar-refractivity contribution < 1.29 is 9.53 Å². The molecule has 27 heavy (non-hydrogen) atoms. The number of carbonyl (C=O) groups excluding carboxylic acids is 1. The molecule has 1 aliphatic heterocycles. The maximum atomic E-state index is 12.5. The van der Waals surface area contributed by atoms with Crippen LogP contribution in [0, 0.1) is 23.7 Å². The Balaban J connectivity index is 1.43. The molecule has 7 heteroatoms. The van der Waals surface area contributed by atoms with Gasteiger partial charge in [-0.15, -0.1) is 6.42 Å². The Bertz CT molecular complexity index is 710. The van der Waals surface area contributed by atoms with Crippen molar-refractivity contribution in [3.63, 3.8) is 0 Å². The normalized spacial score (nSPS) is 27.6. The lowest BCUT2D eigenvalue weighted by molar-refractivity contribution is -0.131. The molecular weight excluding hydrogens is 364 g/mol. The van der Waals surface area contributed by atoms with Gasteiger partial charge in [0.2, 0.25) is 11.8 Å². The zero-order valence-electron chi connectivity index (χ0n) is 15.1. The van der Waals surface area contributed by atoms with Crippen LogP contribution in [0.25, 0.3) is 0 Å². The van der Waals surface area contributed by atoms with Gasteiger partial charge in [0.1, 0.15) is 12.1 Å². The van der Waals surface area contributed by atoms with Gasteiger partial charge in [-0.05, 0) is 44.6 Å². The van der Waals surface area contributed by atoms with E-state index < -0.39 is 6.04 Å². The molecule has 1 aliphatic carbocycles. The third-order valence-corrected chi connectivity index (χ3v) is 5.44. The second kappa shape index (κ2) is 9.08. The second-order valence-corrected chi connectivity index (χ2v) is 7.43. The number of carbonyl (C=O) groups is 1. The summed E-state index contributed by atoms with van der Waals surface area (Å²) in [7, 11) is 0. The Morgan fingerprint density at radius 1 is 1.30 bits per heavy atom. The van der Waals surface area contributed by atoms with Gasteiger partial charge in [-0.2, -0.15) is 5.26 Å². The Kier molecular flexibility index (Phi) is 6.55. The predicted molar refractivity (Wildman–Crippen MR) is 102 cm³/mol. The van der Waals surface area contributed by atoms with Crippen molar-refractivity contribution in [2.45, 2.75) is 62.8 Å². The molecule has 0 aromatic carbocycles. The minimum atomic E-state index is -0.406. The lowest BCUT2D eigenvalue weighted by Crippen LogP contribution is -2.47. The molecule has 2 unspecified atom stereocenters. The first-order chi connectivity index (χ1) is 13.1. The van der Waals surface area contributed by atoms with Gasteiger partial charge in [0.25, 0.3) is 0 Å². The van der Waals surface area contributed by atoms with Gasteiger partial charge < -0.3 is 15.0 Å². The monoisotopic (exact) mass is 386 g/mol. The molecule has 6 nitrogen and oxygen atoms in total. The van der Waals surface area contributed by atoms with E-state index in [0.29, 0.717) is 23.7 Å².